The molecule has 0 aliphatic rings. The van der Waals surface area contributed by atoms with E-state index < -0.39 is 14.0 Å². The molecule has 0 radical (unpaired) electrons. The third-order valence-corrected chi connectivity index (χ3v) is 3.37. The van der Waals surface area contributed by atoms with Gasteiger partial charge in [-0.05, 0) is 19.3 Å². The van der Waals surface area contributed by atoms with Gasteiger partial charge in [0.1, 0.15) is 0 Å². The van der Waals surface area contributed by atoms with Crippen LogP contribution in [0.15, 0.2) is 12.7 Å². The SMILES string of the molecule is C=CC(=O)OCCCC(CCC)[PH](=O)O. The molecule has 4 nitrogen and oxygen atoms in total. The minimum atomic E-state index is -2.45. The fourth-order valence-corrected chi connectivity index (χ4v) is 2.29. The van der Waals surface area contributed by atoms with E-state index in [2.05, 4.69) is 6.58 Å². The largest absolute Gasteiger partial charge is 0.463 e. The minimum Gasteiger partial charge on any atom is -0.463 e. The van der Waals surface area contributed by atoms with Crippen molar-refractivity contribution >= 4 is 14.0 Å². The Labute approximate surface area is 91.2 Å². The minimum absolute atomic E-state index is 0.137. The molecule has 0 aromatic carbocycles. The molecule has 1 N–H and O–H groups in total. The highest BCUT2D eigenvalue weighted by Crippen LogP contribution is 2.30. The van der Waals surface area contributed by atoms with E-state index in [-0.39, 0.29) is 5.66 Å². The summed E-state index contributed by atoms with van der Waals surface area (Å²) in [6, 6.07) is 0. The smallest absolute Gasteiger partial charge is 0.330 e. The van der Waals surface area contributed by atoms with Crippen molar-refractivity contribution in [1.29, 1.82) is 0 Å². The van der Waals surface area contributed by atoms with Crippen LogP contribution in [0, 0.1) is 0 Å². The second-order valence-corrected chi connectivity index (χ2v) is 4.83. The van der Waals surface area contributed by atoms with Crippen molar-refractivity contribution in [3.05, 3.63) is 12.7 Å². The lowest BCUT2D eigenvalue weighted by molar-refractivity contribution is -0.137. The second-order valence-electron chi connectivity index (χ2n) is 3.34. The molecular weight excluding hydrogens is 215 g/mol. The first-order chi connectivity index (χ1) is 7.11. The second kappa shape index (κ2) is 8.69. The van der Waals surface area contributed by atoms with Gasteiger partial charge in [0.2, 0.25) is 0 Å². The van der Waals surface area contributed by atoms with Crippen molar-refractivity contribution in [3.8, 4) is 0 Å². The number of hydrogen-bond donors (Lipinski definition) is 1. The van der Waals surface area contributed by atoms with Gasteiger partial charge in [-0.1, -0.05) is 19.9 Å². The Kier molecular flexibility index (Phi) is 8.34. The molecule has 0 rings (SSSR count). The summed E-state index contributed by atoms with van der Waals surface area (Å²) < 4.78 is 15.7. The van der Waals surface area contributed by atoms with E-state index >= 15 is 0 Å². The van der Waals surface area contributed by atoms with Crippen molar-refractivity contribution in [3.63, 3.8) is 0 Å². The summed E-state index contributed by atoms with van der Waals surface area (Å²) in [4.78, 5) is 19.7. The normalized spacial score (nSPS) is 14.3. The summed E-state index contributed by atoms with van der Waals surface area (Å²) in [6.45, 7) is 5.55. The number of rotatable bonds is 8. The number of esters is 1. The molecule has 0 aromatic heterocycles. The van der Waals surface area contributed by atoms with Crippen molar-refractivity contribution in [2.45, 2.75) is 38.3 Å². The number of carbonyl (C=O) groups is 1. The molecule has 5 heteroatoms. The van der Waals surface area contributed by atoms with Crippen LogP contribution in [0.2, 0.25) is 0 Å². The highest BCUT2D eigenvalue weighted by atomic mass is 31.1. The van der Waals surface area contributed by atoms with Gasteiger partial charge in [0.25, 0.3) is 0 Å². The zero-order valence-electron chi connectivity index (χ0n) is 9.07. The van der Waals surface area contributed by atoms with Crippen molar-refractivity contribution < 1.29 is 19.0 Å². The van der Waals surface area contributed by atoms with Gasteiger partial charge in [-0.15, -0.1) is 0 Å². The molecule has 0 saturated heterocycles. The Bertz CT molecular complexity index is 227. The summed E-state index contributed by atoms with van der Waals surface area (Å²) in [5.74, 6) is -0.446. The third-order valence-electron chi connectivity index (χ3n) is 2.09. The van der Waals surface area contributed by atoms with E-state index in [1.807, 2.05) is 6.92 Å². The lowest BCUT2D eigenvalue weighted by Gasteiger charge is -2.11. The van der Waals surface area contributed by atoms with Crippen LogP contribution in [0.3, 0.4) is 0 Å². The van der Waals surface area contributed by atoms with E-state index in [1.54, 1.807) is 0 Å². The van der Waals surface area contributed by atoms with Gasteiger partial charge in [-0.3, -0.25) is 4.57 Å². The number of ether oxygens (including phenoxy) is 1. The van der Waals surface area contributed by atoms with E-state index in [9.17, 15) is 9.36 Å². The lowest BCUT2D eigenvalue weighted by Crippen LogP contribution is -2.07. The molecule has 0 aliphatic carbocycles. The van der Waals surface area contributed by atoms with Gasteiger partial charge < -0.3 is 9.63 Å². The lowest BCUT2D eigenvalue weighted by atomic mass is 10.1. The molecule has 88 valence electrons. The molecule has 0 amide bonds. The molecule has 0 bridgehead atoms. The van der Waals surface area contributed by atoms with Gasteiger partial charge in [0.05, 0.1) is 6.61 Å². The van der Waals surface area contributed by atoms with Crippen LogP contribution in [0.5, 0.6) is 0 Å². The standard InChI is InChI=1S/C10H19O4P/c1-3-6-9(15(12)13)7-5-8-14-10(11)4-2/h4,9,15H,2-3,5-8H2,1H3,(H,12,13). The number of carbonyl (C=O) groups excluding carboxylic acids is 1. The van der Waals surface area contributed by atoms with Gasteiger partial charge in [-0.2, -0.15) is 0 Å². The molecule has 0 heterocycles. The molecule has 0 aromatic rings. The molecule has 0 spiro atoms. The Balaban J connectivity index is 3.66. The third kappa shape index (κ3) is 7.34. The van der Waals surface area contributed by atoms with E-state index in [0.717, 1.165) is 18.9 Å². The predicted molar refractivity (Wildman–Crippen MR) is 60.3 cm³/mol. The van der Waals surface area contributed by atoms with Gasteiger partial charge in [0, 0.05) is 11.7 Å². The molecule has 15 heavy (non-hydrogen) atoms. The van der Waals surface area contributed by atoms with Crippen LogP contribution in [0.25, 0.3) is 0 Å². The summed E-state index contributed by atoms with van der Waals surface area (Å²) in [5, 5.41) is 0. The maximum absolute atomic E-state index is 10.9. The van der Waals surface area contributed by atoms with Crippen molar-refractivity contribution in [2.24, 2.45) is 0 Å². The fourth-order valence-electron chi connectivity index (χ4n) is 1.30. The van der Waals surface area contributed by atoms with Crippen LogP contribution in [0.4, 0.5) is 0 Å². The molecule has 0 aliphatic heterocycles. The summed E-state index contributed by atoms with van der Waals surface area (Å²) in [6.07, 6.45) is 4.02. The van der Waals surface area contributed by atoms with E-state index in [4.69, 9.17) is 9.63 Å². The van der Waals surface area contributed by atoms with Crippen molar-refractivity contribution in [1.82, 2.24) is 0 Å². The van der Waals surface area contributed by atoms with E-state index in [1.165, 1.54) is 0 Å². The summed E-state index contributed by atoms with van der Waals surface area (Å²) >= 11 is 0. The average molecular weight is 234 g/mol. The quantitative estimate of drug-likeness (QED) is 0.302. The summed E-state index contributed by atoms with van der Waals surface area (Å²) in [7, 11) is -2.45. The first kappa shape index (κ1) is 14.4. The van der Waals surface area contributed by atoms with Gasteiger partial charge >= 0.3 is 5.97 Å². The van der Waals surface area contributed by atoms with Crippen LogP contribution in [-0.4, -0.2) is 23.1 Å². The van der Waals surface area contributed by atoms with Gasteiger partial charge in [-0.25, -0.2) is 4.79 Å². The van der Waals surface area contributed by atoms with Crippen LogP contribution in [0.1, 0.15) is 32.6 Å². The van der Waals surface area contributed by atoms with E-state index in [0.29, 0.717) is 19.4 Å². The maximum atomic E-state index is 10.9. The Morgan fingerprint density at radius 1 is 1.60 bits per heavy atom. The monoisotopic (exact) mass is 234 g/mol. The Hall–Kier alpha value is -0.600. The predicted octanol–water partition coefficient (Wildman–Crippen LogP) is 2.13. The zero-order valence-corrected chi connectivity index (χ0v) is 10.1. The average Bonchev–Trinajstić information content (AvgIpc) is 2.21. The highest BCUT2D eigenvalue weighted by molar-refractivity contribution is 7.38. The number of hydrogen-bond acceptors (Lipinski definition) is 3. The first-order valence-corrected chi connectivity index (χ1v) is 6.57. The Morgan fingerprint density at radius 3 is 2.73 bits per heavy atom. The maximum Gasteiger partial charge on any atom is 0.330 e. The van der Waals surface area contributed by atoms with Crippen LogP contribution < -0.4 is 0 Å². The molecule has 0 fully saturated rings. The zero-order chi connectivity index (χ0) is 11.7. The molecule has 0 saturated carbocycles. The van der Waals surface area contributed by atoms with Crippen molar-refractivity contribution in [2.75, 3.05) is 6.61 Å². The summed E-state index contributed by atoms with van der Waals surface area (Å²) in [5.41, 5.74) is -0.137. The highest BCUT2D eigenvalue weighted by Gasteiger charge is 2.12. The topological polar surface area (TPSA) is 63.6 Å². The fraction of sp³-hybridized carbons (Fsp3) is 0.700. The Morgan fingerprint density at radius 2 is 2.27 bits per heavy atom. The van der Waals surface area contributed by atoms with Crippen LogP contribution >= 0.6 is 8.03 Å². The molecule has 2 atom stereocenters. The molecule has 2 unspecified atom stereocenters. The first-order valence-electron chi connectivity index (χ1n) is 5.13. The molecular formula is C10H19O4P. The van der Waals surface area contributed by atoms with Gasteiger partial charge in [0.15, 0.2) is 8.03 Å². The van der Waals surface area contributed by atoms with Crippen LogP contribution in [-0.2, 0) is 14.1 Å².